The zero-order chi connectivity index (χ0) is 17.7. The zero-order valence-corrected chi connectivity index (χ0v) is 15.9. The van der Waals surface area contributed by atoms with Crippen LogP contribution >= 0.6 is 15.9 Å². The zero-order valence-electron chi connectivity index (χ0n) is 13.5. The molecule has 0 amide bonds. The fourth-order valence-corrected chi connectivity index (χ4v) is 4.14. The highest BCUT2D eigenvalue weighted by Gasteiger charge is 2.11. The van der Waals surface area contributed by atoms with Gasteiger partial charge in [-0.2, -0.15) is 0 Å². The molecule has 0 atom stereocenters. The fourth-order valence-electron chi connectivity index (χ4n) is 2.58. The van der Waals surface area contributed by atoms with Crippen molar-refractivity contribution in [2.75, 3.05) is 13.2 Å². The minimum absolute atomic E-state index is 0.0549. The van der Waals surface area contributed by atoms with Gasteiger partial charge in [0.1, 0.15) is 12.4 Å². The molecule has 0 bridgehead atoms. The Morgan fingerprint density at radius 2 is 1.72 bits per heavy atom. The van der Waals surface area contributed by atoms with E-state index in [2.05, 4.69) is 20.7 Å². The van der Waals surface area contributed by atoms with E-state index in [-0.39, 0.29) is 18.9 Å². The third-order valence-electron chi connectivity index (χ3n) is 3.68. The molecule has 3 aromatic carbocycles. The highest BCUT2D eigenvalue weighted by molar-refractivity contribution is 9.10. The van der Waals surface area contributed by atoms with Gasteiger partial charge in [-0.25, -0.2) is 13.1 Å². The normalized spacial score (nSPS) is 11.6. The molecule has 0 heterocycles. The van der Waals surface area contributed by atoms with Crippen molar-refractivity contribution in [1.82, 2.24) is 4.72 Å². The van der Waals surface area contributed by atoms with Crippen LogP contribution in [0.4, 0.5) is 0 Å². The summed E-state index contributed by atoms with van der Waals surface area (Å²) >= 11 is 3.34. The molecule has 3 aromatic rings. The van der Waals surface area contributed by atoms with Gasteiger partial charge in [-0.1, -0.05) is 64.5 Å². The van der Waals surface area contributed by atoms with E-state index in [0.29, 0.717) is 0 Å². The minimum atomic E-state index is -3.40. The van der Waals surface area contributed by atoms with Crippen molar-refractivity contribution in [3.63, 3.8) is 0 Å². The lowest BCUT2D eigenvalue weighted by Crippen LogP contribution is -2.29. The monoisotopic (exact) mass is 419 g/mol. The molecule has 3 rings (SSSR count). The molecule has 0 aliphatic heterocycles. The number of rotatable bonds is 7. The number of hydrogen-bond donors (Lipinski definition) is 1. The first-order valence-electron chi connectivity index (χ1n) is 7.86. The predicted molar refractivity (Wildman–Crippen MR) is 104 cm³/mol. The maximum atomic E-state index is 12.2. The van der Waals surface area contributed by atoms with Crippen LogP contribution in [0.15, 0.2) is 71.2 Å². The van der Waals surface area contributed by atoms with Gasteiger partial charge in [-0.05, 0) is 29.1 Å². The summed E-state index contributed by atoms with van der Waals surface area (Å²) in [7, 11) is -3.40. The first-order chi connectivity index (χ1) is 12.0. The highest BCUT2D eigenvalue weighted by atomic mass is 79.9. The first kappa shape index (κ1) is 17.9. The van der Waals surface area contributed by atoms with E-state index in [4.69, 9.17) is 4.74 Å². The predicted octanol–water partition coefficient (Wildman–Crippen LogP) is 4.10. The SMILES string of the molecule is O=S(=O)(Cc1cccc(Br)c1)NCCOc1cccc2ccccc12. The summed E-state index contributed by atoms with van der Waals surface area (Å²) in [4.78, 5) is 0. The minimum Gasteiger partial charge on any atom is -0.492 e. The molecule has 130 valence electrons. The van der Waals surface area contributed by atoms with Gasteiger partial charge in [0, 0.05) is 16.4 Å². The number of sulfonamides is 1. The summed E-state index contributed by atoms with van der Waals surface area (Å²) < 4.78 is 33.5. The van der Waals surface area contributed by atoms with Crippen molar-refractivity contribution in [2.45, 2.75) is 5.75 Å². The number of benzene rings is 3. The van der Waals surface area contributed by atoms with Crippen molar-refractivity contribution in [1.29, 1.82) is 0 Å². The van der Waals surface area contributed by atoms with E-state index < -0.39 is 10.0 Å². The number of hydrogen-bond acceptors (Lipinski definition) is 3. The van der Waals surface area contributed by atoms with Crippen LogP contribution in [-0.4, -0.2) is 21.6 Å². The molecule has 0 saturated carbocycles. The van der Waals surface area contributed by atoms with E-state index in [1.54, 1.807) is 12.1 Å². The lowest BCUT2D eigenvalue weighted by atomic mass is 10.1. The van der Waals surface area contributed by atoms with Crippen molar-refractivity contribution in [3.05, 3.63) is 76.8 Å². The molecule has 6 heteroatoms. The van der Waals surface area contributed by atoms with E-state index in [0.717, 1.165) is 26.6 Å². The van der Waals surface area contributed by atoms with Crippen molar-refractivity contribution in [3.8, 4) is 5.75 Å². The Morgan fingerprint density at radius 1 is 0.960 bits per heavy atom. The second kappa shape index (κ2) is 7.99. The number of ether oxygens (including phenoxy) is 1. The average molecular weight is 420 g/mol. The molecule has 0 unspecified atom stereocenters. The van der Waals surface area contributed by atoms with Crippen LogP contribution in [0.1, 0.15) is 5.56 Å². The molecule has 1 N–H and O–H groups in total. The van der Waals surface area contributed by atoms with Crippen molar-refractivity contribution in [2.24, 2.45) is 0 Å². The van der Waals surface area contributed by atoms with Gasteiger partial charge in [0.05, 0.1) is 5.75 Å². The van der Waals surface area contributed by atoms with Crippen LogP contribution in [-0.2, 0) is 15.8 Å². The van der Waals surface area contributed by atoms with Gasteiger partial charge in [0.25, 0.3) is 0 Å². The molecule has 0 spiro atoms. The van der Waals surface area contributed by atoms with E-state index in [1.807, 2.05) is 54.6 Å². The standard InChI is InChI=1S/C19H18BrNO3S/c20-17-8-3-5-15(13-17)14-25(22,23)21-11-12-24-19-10-4-7-16-6-1-2-9-18(16)19/h1-10,13,21H,11-12,14H2. The van der Waals surface area contributed by atoms with Gasteiger partial charge >= 0.3 is 0 Å². The highest BCUT2D eigenvalue weighted by Crippen LogP contribution is 2.24. The topological polar surface area (TPSA) is 55.4 Å². The first-order valence-corrected chi connectivity index (χ1v) is 10.3. The average Bonchev–Trinajstić information content (AvgIpc) is 2.58. The Kier molecular flexibility index (Phi) is 5.73. The number of fused-ring (bicyclic) bond motifs is 1. The Labute approximate surface area is 156 Å². The Balaban J connectivity index is 1.55. The van der Waals surface area contributed by atoms with E-state index >= 15 is 0 Å². The molecule has 0 radical (unpaired) electrons. The van der Waals surface area contributed by atoms with Gasteiger partial charge in [-0.15, -0.1) is 0 Å². The largest absolute Gasteiger partial charge is 0.492 e. The van der Waals surface area contributed by atoms with Crippen LogP contribution in [0.3, 0.4) is 0 Å². The molecule has 0 saturated heterocycles. The lowest BCUT2D eigenvalue weighted by Gasteiger charge is -2.10. The Hall–Kier alpha value is -1.89. The molecule has 25 heavy (non-hydrogen) atoms. The molecule has 0 aromatic heterocycles. The maximum Gasteiger partial charge on any atom is 0.215 e. The van der Waals surface area contributed by atoms with Crippen LogP contribution in [0, 0.1) is 0 Å². The second-order valence-electron chi connectivity index (χ2n) is 5.61. The van der Waals surface area contributed by atoms with Gasteiger partial charge in [0.2, 0.25) is 10.0 Å². The number of halogens is 1. The summed E-state index contributed by atoms with van der Waals surface area (Å²) in [6.07, 6.45) is 0. The van der Waals surface area contributed by atoms with Crippen LogP contribution < -0.4 is 9.46 Å². The maximum absolute atomic E-state index is 12.2. The molecule has 0 fully saturated rings. The fraction of sp³-hybridized carbons (Fsp3) is 0.158. The van der Waals surface area contributed by atoms with Crippen molar-refractivity contribution >= 4 is 36.7 Å². The summed E-state index contributed by atoms with van der Waals surface area (Å²) in [6, 6.07) is 21.0. The third kappa shape index (κ3) is 5.04. The van der Waals surface area contributed by atoms with Gasteiger partial charge < -0.3 is 4.74 Å². The molecular formula is C19H18BrNO3S. The Bertz CT molecular complexity index is 968. The smallest absolute Gasteiger partial charge is 0.215 e. The molecular weight excluding hydrogens is 402 g/mol. The van der Waals surface area contributed by atoms with Crippen LogP contribution in [0.5, 0.6) is 5.75 Å². The van der Waals surface area contributed by atoms with Gasteiger partial charge in [-0.3, -0.25) is 0 Å². The summed E-state index contributed by atoms with van der Waals surface area (Å²) in [6.45, 7) is 0.491. The molecule has 0 aliphatic rings. The van der Waals surface area contributed by atoms with Crippen molar-refractivity contribution < 1.29 is 13.2 Å². The van der Waals surface area contributed by atoms with Crippen LogP contribution in [0.25, 0.3) is 10.8 Å². The summed E-state index contributed by atoms with van der Waals surface area (Å²) in [5, 5.41) is 2.11. The summed E-state index contributed by atoms with van der Waals surface area (Å²) in [5.74, 6) is 0.699. The number of nitrogens with one attached hydrogen (secondary N) is 1. The summed E-state index contributed by atoms with van der Waals surface area (Å²) in [5.41, 5.74) is 0.733. The van der Waals surface area contributed by atoms with Gasteiger partial charge in [0.15, 0.2) is 0 Å². The van der Waals surface area contributed by atoms with E-state index in [9.17, 15) is 8.42 Å². The van der Waals surface area contributed by atoms with E-state index in [1.165, 1.54) is 0 Å². The molecule has 0 aliphatic carbocycles. The molecule has 4 nitrogen and oxygen atoms in total. The van der Waals surface area contributed by atoms with Crippen LogP contribution in [0.2, 0.25) is 0 Å². The Morgan fingerprint density at radius 3 is 2.56 bits per heavy atom. The quantitative estimate of drug-likeness (QED) is 0.586. The third-order valence-corrected chi connectivity index (χ3v) is 5.53. The second-order valence-corrected chi connectivity index (χ2v) is 8.33. The lowest BCUT2D eigenvalue weighted by molar-refractivity contribution is 0.326.